The quantitative estimate of drug-likeness (QED) is 0.858. The zero-order valence-corrected chi connectivity index (χ0v) is 11.9. The van der Waals surface area contributed by atoms with Crippen molar-refractivity contribution in [3.8, 4) is 6.07 Å². The van der Waals surface area contributed by atoms with Gasteiger partial charge in [-0.1, -0.05) is 12.1 Å². The van der Waals surface area contributed by atoms with Crippen LogP contribution in [0, 0.1) is 11.3 Å². The zero-order valence-electron chi connectivity index (χ0n) is 11.9. The summed E-state index contributed by atoms with van der Waals surface area (Å²) >= 11 is 0. The first-order valence-corrected chi connectivity index (χ1v) is 6.23. The molecule has 0 radical (unpaired) electrons. The fraction of sp³-hybridized carbons (Fsp3) is 0.400. The third-order valence-corrected chi connectivity index (χ3v) is 2.32. The third-order valence-electron chi connectivity index (χ3n) is 2.32. The monoisotopic (exact) mass is 274 g/mol. The lowest BCUT2D eigenvalue weighted by atomic mass is 10.1. The Kier molecular flexibility index (Phi) is 5.42. The smallest absolute Gasteiger partial charge is 0.434 e. The number of carbonyl (C=O) groups excluding carboxylic acids is 1. The number of benzene rings is 1. The summed E-state index contributed by atoms with van der Waals surface area (Å²) in [5, 5.41) is 18.0. The molecule has 0 aliphatic heterocycles. The predicted octanol–water partition coefficient (Wildman–Crippen LogP) is 2.47. The second kappa shape index (κ2) is 6.83. The average molecular weight is 274 g/mol. The van der Waals surface area contributed by atoms with Gasteiger partial charge in [0.2, 0.25) is 0 Å². The number of amides is 1. The SMILES string of the molecule is CC(C)(C)OC(=O)N=C(CO)Cc1ccc(C#N)cc1. The van der Waals surface area contributed by atoms with E-state index in [0.717, 1.165) is 5.56 Å². The van der Waals surface area contributed by atoms with Crippen molar-refractivity contribution in [3.63, 3.8) is 0 Å². The molecular formula is C15H18N2O3. The van der Waals surface area contributed by atoms with Gasteiger partial charge in [0.25, 0.3) is 0 Å². The van der Waals surface area contributed by atoms with Gasteiger partial charge in [0.1, 0.15) is 5.60 Å². The molecule has 106 valence electrons. The number of aliphatic hydroxyl groups excluding tert-OH is 1. The molecule has 20 heavy (non-hydrogen) atoms. The van der Waals surface area contributed by atoms with E-state index in [-0.39, 0.29) is 6.61 Å². The molecule has 0 saturated heterocycles. The van der Waals surface area contributed by atoms with Crippen LogP contribution in [0.15, 0.2) is 29.3 Å². The van der Waals surface area contributed by atoms with Crippen LogP contribution in [-0.4, -0.2) is 29.1 Å². The highest BCUT2D eigenvalue weighted by molar-refractivity contribution is 5.95. The van der Waals surface area contributed by atoms with Gasteiger partial charge in [0, 0.05) is 6.42 Å². The van der Waals surface area contributed by atoms with Gasteiger partial charge in [0.05, 0.1) is 24.0 Å². The van der Waals surface area contributed by atoms with Crippen LogP contribution in [0.1, 0.15) is 31.9 Å². The lowest BCUT2D eigenvalue weighted by Crippen LogP contribution is -2.23. The first-order valence-electron chi connectivity index (χ1n) is 6.23. The van der Waals surface area contributed by atoms with Gasteiger partial charge >= 0.3 is 6.09 Å². The Balaban J connectivity index is 2.75. The van der Waals surface area contributed by atoms with Crippen molar-refractivity contribution >= 4 is 11.8 Å². The number of hydrogen-bond donors (Lipinski definition) is 1. The van der Waals surface area contributed by atoms with Crippen molar-refractivity contribution in [1.82, 2.24) is 0 Å². The Bertz CT molecular complexity index is 534. The minimum Gasteiger partial charge on any atom is -0.442 e. The number of rotatable bonds is 3. The summed E-state index contributed by atoms with van der Waals surface area (Å²) in [7, 11) is 0. The highest BCUT2D eigenvalue weighted by atomic mass is 16.6. The minimum absolute atomic E-state index is 0.320. The van der Waals surface area contributed by atoms with Crippen LogP contribution in [0.25, 0.3) is 0 Å². The first kappa shape index (κ1) is 15.9. The van der Waals surface area contributed by atoms with Crippen LogP contribution in [0.4, 0.5) is 4.79 Å². The molecule has 0 saturated carbocycles. The second-order valence-corrected chi connectivity index (χ2v) is 5.30. The van der Waals surface area contributed by atoms with Gasteiger partial charge in [-0.15, -0.1) is 0 Å². The molecule has 1 N–H and O–H groups in total. The molecule has 5 nitrogen and oxygen atoms in total. The van der Waals surface area contributed by atoms with Crippen molar-refractivity contribution < 1.29 is 14.6 Å². The Hall–Kier alpha value is -2.19. The lowest BCUT2D eigenvalue weighted by molar-refractivity contribution is 0.0603. The third kappa shape index (κ3) is 5.63. The van der Waals surface area contributed by atoms with Crippen molar-refractivity contribution in [3.05, 3.63) is 35.4 Å². The standard InChI is InChI=1S/C15H18N2O3/c1-15(2,3)20-14(19)17-13(10-18)8-11-4-6-12(9-16)7-5-11/h4-7,18H,8,10H2,1-3H3. The molecule has 0 unspecified atom stereocenters. The summed E-state index contributed by atoms with van der Waals surface area (Å²) in [5.41, 5.74) is 1.13. The van der Waals surface area contributed by atoms with Crippen LogP contribution in [0.2, 0.25) is 0 Å². The van der Waals surface area contributed by atoms with Crippen molar-refractivity contribution in [2.24, 2.45) is 4.99 Å². The lowest BCUT2D eigenvalue weighted by Gasteiger charge is -2.17. The molecule has 5 heteroatoms. The molecule has 0 heterocycles. The van der Waals surface area contributed by atoms with Gasteiger partial charge in [-0.05, 0) is 38.5 Å². The molecule has 1 aromatic rings. The maximum atomic E-state index is 11.6. The molecule has 0 aromatic heterocycles. The van der Waals surface area contributed by atoms with Gasteiger partial charge in [-0.25, -0.2) is 4.79 Å². The van der Waals surface area contributed by atoms with E-state index in [0.29, 0.717) is 17.7 Å². The summed E-state index contributed by atoms with van der Waals surface area (Å²) < 4.78 is 5.06. The van der Waals surface area contributed by atoms with Crippen LogP contribution < -0.4 is 0 Å². The number of aliphatic imine (C=N–C) groups is 1. The van der Waals surface area contributed by atoms with Crippen LogP contribution >= 0.6 is 0 Å². The largest absolute Gasteiger partial charge is 0.442 e. The fourth-order valence-electron chi connectivity index (χ4n) is 1.48. The summed E-state index contributed by atoms with van der Waals surface area (Å²) in [5.74, 6) is 0. The maximum Gasteiger partial charge on any atom is 0.434 e. The number of aliphatic hydroxyl groups is 1. The molecule has 0 atom stereocenters. The van der Waals surface area contributed by atoms with Crippen LogP contribution in [0.3, 0.4) is 0 Å². The molecule has 0 fully saturated rings. The molecule has 1 amide bonds. The summed E-state index contributed by atoms with van der Waals surface area (Å²) in [6.07, 6.45) is -0.378. The van der Waals surface area contributed by atoms with E-state index in [1.54, 1.807) is 45.0 Å². The Morgan fingerprint density at radius 2 is 1.95 bits per heavy atom. The molecular weight excluding hydrogens is 256 g/mol. The topological polar surface area (TPSA) is 82.7 Å². The predicted molar refractivity (Wildman–Crippen MR) is 75.6 cm³/mol. The minimum atomic E-state index is -0.713. The van der Waals surface area contributed by atoms with E-state index >= 15 is 0 Å². The van der Waals surface area contributed by atoms with Crippen LogP contribution in [-0.2, 0) is 11.2 Å². The van der Waals surface area contributed by atoms with Gasteiger partial charge in [0.15, 0.2) is 0 Å². The normalized spacial score (nSPS) is 11.8. The molecule has 0 aliphatic rings. The Morgan fingerprint density at radius 3 is 2.40 bits per heavy atom. The highest BCUT2D eigenvalue weighted by Gasteiger charge is 2.16. The first-order chi connectivity index (χ1) is 9.34. The Morgan fingerprint density at radius 1 is 1.35 bits per heavy atom. The summed E-state index contributed by atoms with van der Waals surface area (Å²) in [4.78, 5) is 15.3. The van der Waals surface area contributed by atoms with Crippen LogP contribution in [0.5, 0.6) is 0 Å². The number of ether oxygens (including phenoxy) is 1. The number of nitrogens with zero attached hydrogens (tertiary/aromatic N) is 2. The highest BCUT2D eigenvalue weighted by Crippen LogP contribution is 2.09. The van der Waals surface area contributed by atoms with Crippen molar-refractivity contribution in [2.45, 2.75) is 32.8 Å². The molecule has 0 spiro atoms. The maximum absolute atomic E-state index is 11.6. The molecule has 1 aromatic carbocycles. The second-order valence-electron chi connectivity index (χ2n) is 5.30. The fourth-order valence-corrected chi connectivity index (χ4v) is 1.48. The van der Waals surface area contributed by atoms with Crippen molar-refractivity contribution in [2.75, 3.05) is 6.61 Å². The van der Waals surface area contributed by atoms with E-state index in [9.17, 15) is 9.90 Å². The van der Waals surface area contributed by atoms with Gasteiger partial charge in [-0.3, -0.25) is 0 Å². The van der Waals surface area contributed by atoms with E-state index in [2.05, 4.69) is 4.99 Å². The number of carbonyl (C=O) groups is 1. The number of hydrogen-bond acceptors (Lipinski definition) is 4. The molecule has 0 aliphatic carbocycles. The molecule has 0 bridgehead atoms. The average Bonchev–Trinajstić information content (AvgIpc) is 2.36. The van der Waals surface area contributed by atoms with Crippen molar-refractivity contribution in [1.29, 1.82) is 5.26 Å². The van der Waals surface area contributed by atoms with E-state index < -0.39 is 11.7 Å². The molecule has 1 rings (SSSR count). The Labute approximate surface area is 118 Å². The summed E-state index contributed by atoms with van der Waals surface area (Å²) in [6.45, 7) is 4.93. The van der Waals surface area contributed by atoms with Gasteiger partial charge in [-0.2, -0.15) is 10.3 Å². The van der Waals surface area contributed by atoms with Gasteiger partial charge < -0.3 is 9.84 Å². The van der Waals surface area contributed by atoms with E-state index in [1.807, 2.05) is 6.07 Å². The number of nitriles is 1. The summed E-state index contributed by atoms with van der Waals surface area (Å²) in [6, 6.07) is 8.91. The van der Waals surface area contributed by atoms with E-state index in [1.165, 1.54) is 0 Å². The zero-order chi connectivity index (χ0) is 15.2. The van der Waals surface area contributed by atoms with E-state index in [4.69, 9.17) is 10.00 Å².